The van der Waals surface area contributed by atoms with E-state index in [9.17, 15) is 9.90 Å². The maximum absolute atomic E-state index is 11.2. The van der Waals surface area contributed by atoms with E-state index in [0.29, 0.717) is 5.92 Å². The Labute approximate surface area is 118 Å². The Morgan fingerprint density at radius 1 is 1.35 bits per heavy atom. The minimum Gasteiger partial charge on any atom is -0.481 e. The Morgan fingerprint density at radius 3 is 2.85 bits per heavy atom. The lowest BCUT2D eigenvalue weighted by Crippen LogP contribution is -2.07. The molecule has 0 saturated carbocycles. The first-order valence-electron chi connectivity index (χ1n) is 7.23. The van der Waals surface area contributed by atoms with Gasteiger partial charge in [-0.05, 0) is 41.9 Å². The minimum atomic E-state index is -0.762. The molecule has 0 fully saturated rings. The number of hydrogen-bond donors (Lipinski definition) is 1. The van der Waals surface area contributed by atoms with Crippen molar-refractivity contribution in [1.82, 2.24) is 4.98 Å². The first-order chi connectivity index (χ1) is 9.58. The number of carbonyl (C=O) groups is 1. The van der Waals surface area contributed by atoms with Gasteiger partial charge in [-0.25, -0.2) is 0 Å². The summed E-state index contributed by atoms with van der Waals surface area (Å²) in [6.07, 6.45) is 3.13. The van der Waals surface area contributed by atoms with Gasteiger partial charge >= 0.3 is 5.97 Å². The molecule has 1 aliphatic carbocycles. The highest BCUT2D eigenvalue weighted by Crippen LogP contribution is 2.33. The van der Waals surface area contributed by atoms with Crippen LogP contribution in [0.5, 0.6) is 0 Å². The maximum atomic E-state index is 11.2. The van der Waals surface area contributed by atoms with Gasteiger partial charge in [0.05, 0.1) is 11.9 Å². The third-order valence-electron chi connectivity index (χ3n) is 4.14. The summed E-state index contributed by atoms with van der Waals surface area (Å²) < 4.78 is 0. The number of carboxylic acid groups (broad SMARTS) is 1. The summed E-state index contributed by atoms with van der Waals surface area (Å²) in [7, 11) is 0. The summed E-state index contributed by atoms with van der Waals surface area (Å²) in [6, 6.07) is 6.14. The Kier molecular flexibility index (Phi) is 3.20. The molecule has 2 aromatic rings. The smallest absolute Gasteiger partial charge is 0.307 e. The lowest BCUT2D eigenvalue weighted by Gasteiger charge is -2.15. The molecule has 1 N–H and O–H groups in total. The second-order valence-corrected chi connectivity index (χ2v) is 5.84. The quantitative estimate of drug-likeness (QED) is 0.928. The standard InChI is InChI=1S/C17H19NO2/c1-10(2)11-5-3-7-13-14(9-16(19)20)12-6-4-8-15(12)18-17(11)13/h3,5,7,10H,4,6,8-9H2,1-2H3,(H,19,20). The number of rotatable bonds is 3. The molecule has 0 radical (unpaired) electrons. The van der Waals surface area contributed by atoms with Crippen molar-refractivity contribution in [2.24, 2.45) is 0 Å². The zero-order valence-corrected chi connectivity index (χ0v) is 11.9. The summed E-state index contributed by atoms with van der Waals surface area (Å²) in [5, 5.41) is 10.2. The van der Waals surface area contributed by atoms with E-state index in [1.54, 1.807) is 0 Å². The van der Waals surface area contributed by atoms with Gasteiger partial charge in [0.15, 0.2) is 0 Å². The third kappa shape index (κ3) is 2.07. The Hall–Kier alpha value is -1.90. The van der Waals surface area contributed by atoms with Gasteiger partial charge in [0, 0.05) is 11.1 Å². The van der Waals surface area contributed by atoms with Crippen molar-refractivity contribution in [2.75, 3.05) is 0 Å². The molecule has 0 atom stereocenters. The van der Waals surface area contributed by atoms with E-state index in [1.165, 1.54) is 11.1 Å². The molecule has 0 spiro atoms. The molecule has 1 heterocycles. The summed E-state index contributed by atoms with van der Waals surface area (Å²) in [6.45, 7) is 4.31. The molecule has 0 bridgehead atoms. The molecule has 20 heavy (non-hydrogen) atoms. The Bertz CT molecular complexity index is 689. The van der Waals surface area contributed by atoms with Crippen molar-refractivity contribution in [3.05, 3.63) is 40.6 Å². The highest BCUT2D eigenvalue weighted by Gasteiger charge is 2.22. The second kappa shape index (κ2) is 4.89. The predicted octanol–water partition coefficient (Wildman–Crippen LogP) is 3.47. The summed E-state index contributed by atoms with van der Waals surface area (Å²) in [5.41, 5.74) is 5.49. The number of aromatic nitrogens is 1. The minimum absolute atomic E-state index is 0.100. The van der Waals surface area contributed by atoms with Crippen LogP contribution in [-0.4, -0.2) is 16.1 Å². The van der Waals surface area contributed by atoms with Crippen LogP contribution >= 0.6 is 0 Å². The van der Waals surface area contributed by atoms with Crippen LogP contribution in [0.3, 0.4) is 0 Å². The number of aliphatic carboxylic acids is 1. The van der Waals surface area contributed by atoms with Crippen LogP contribution in [0, 0.1) is 0 Å². The molecule has 1 aromatic carbocycles. The second-order valence-electron chi connectivity index (χ2n) is 5.84. The lowest BCUT2D eigenvalue weighted by molar-refractivity contribution is -0.136. The van der Waals surface area contributed by atoms with Crippen molar-refractivity contribution >= 4 is 16.9 Å². The van der Waals surface area contributed by atoms with Gasteiger partial charge < -0.3 is 5.11 Å². The molecule has 3 rings (SSSR count). The number of carboxylic acids is 1. The van der Waals surface area contributed by atoms with E-state index in [2.05, 4.69) is 19.9 Å². The molecule has 104 valence electrons. The van der Waals surface area contributed by atoms with Crippen molar-refractivity contribution < 1.29 is 9.90 Å². The van der Waals surface area contributed by atoms with Crippen LogP contribution in [0.2, 0.25) is 0 Å². The fourth-order valence-corrected chi connectivity index (χ4v) is 3.22. The highest BCUT2D eigenvalue weighted by atomic mass is 16.4. The van der Waals surface area contributed by atoms with Gasteiger partial charge in [0.2, 0.25) is 0 Å². The predicted molar refractivity (Wildman–Crippen MR) is 79.2 cm³/mol. The lowest BCUT2D eigenvalue weighted by atomic mass is 9.93. The fourth-order valence-electron chi connectivity index (χ4n) is 3.22. The topological polar surface area (TPSA) is 50.2 Å². The van der Waals surface area contributed by atoms with Crippen LogP contribution in [-0.2, 0) is 24.1 Å². The van der Waals surface area contributed by atoms with Gasteiger partial charge in [-0.2, -0.15) is 0 Å². The molecule has 1 aliphatic rings. The van der Waals surface area contributed by atoms with E-state index < -0.39 is 5.97 Å². The molecular formula is C17H19NO2. The van der Waals surface area contributed by atoms with Crippen LogP contribution < -0.4 is 0 Å². The van der Waals surface area contributed by atoms with E-state index >= 15 is 0 Å². The van der Waals surface area contributed by atoms with Crippen LogP contribution in [0.4, 0.5) is 0 Å². The zero-order valence-electron chi connectivity index (χ0n) is 11.9. The van der Waals surface area contributed by atoms with Crippen molar-refractivity contribution in [3.63, 3.8) is 0 Å². The van der Waals surface area contributed by atoms with Gasteiger partial charge in [-0.15, -0.1) is 0 Å². The maximum Gasteiger partial charge on any atom is 0.307 e. The van der Waals surface area contributed by atoms with Crippen LogP contribution in [0.1, 0.15) is 48.6 Å². The number of hydrogen-bond acceptors (Lipinski definition) is 2. The first-order valence-corrected chi connectivity index (χ1v) is 7.23. The SMILES string of the molecule is CC(C)c1cccc2c(CC(=O)O)c3c(nc12)CCC3. The molecular weight excluding hydrogens is 250 g/mol. The average molecular weight is 269 g/mol. The average Bonchev–Trinajstić information content (AvgIpc) is 2.85. The summed E-state index contributed by atoms with van der Waals surface area (Å²) in [5.74, 6) is -0.370. The van der Waals surface area contributed by atoms with Crippen molar-refractivity contribution in [3.8, 4) is 0 Å². The van der Waals surface area contributed by atoms with E-state index in [0.717, 1.165) is 41.4 Å². The molecule has 0 saturated heterocycles. The molecule has 0 unspecified atom stereocenters. The van der Waals surface area contributed by atoms with Gasteiger partial charge in [-0.3, -0.25) is 9.78 Å². The molecule has 0 amide bonds. The number of benzene rings is 1. The summed E-state index contributed by atoms with van der Waals surface area (Å²) >= 11 is 0. The van der Waals surface area contributed by atoms with E-state index in [4.69, 9.17) is 4.98 Å². The highest BCUT2D eigenvalue weighted by molar-refractivity contribution is 5.90. The Balaban J connectivity index is 2.34. The monoisotopic (exact) mass is 269 g/mol. The van der Waals surface area contributed by atoms with Gasteiger partial charge in [-0.1, -0.05) is 32.0 Å². The van der Waals surface area contributed by atoms with Gasteiger partial charge in [0.1, 0.15) is 0 Å². The van der Waals surface area contributed by atoms with Crippen LogP contribution in [0.25, 0.3) is 10.9 Å². The molecule has 3 nitrogen and oxygen atoms in total. The van der Waals surface area contributed by atoms with Crippen molar-refractivity contribution in [2.45, 2.75) is 45.4 Å². The van der Waals surface area contributed by atoms with Crippen molar-refractivity contribution in [1.29, 1.82) is 0 Å². The molecule has 1 aromatic heterocycles. The number of pyridine rings is 1. The summed E-state index contributed by atoms with van der Waals surface area (Å²) in [4.78, 5) is 16.1. The number of nitrogens with zero attached hydrogens (tertiary/aromatic N) is 1. The molecule has 3 heteroatoms. The third-order valence-corrected chi connectivity index (χ3v) is 4.14. The number of fused-ring (bicyclic) bond motifs is 2. The van der Waals surface area contributed by atoms with Crippen LogP contribution in [0.15, 0.2) is 18.2 Å². The zero-order chi connectivity index (χ0) is 14.3. The van der Waals surface area contributed by atoms with E-state index in [1.807, 2.05) is 12.1 Å². The number of para-hydroxylation sites is 1. The number of aryl methyl sites for hydroxylation is 1. The fraction of sp³-hybridized carbons (Fsp3) is 0.412. The first kappa shape index (κ1) is 13.1. The largest absolute Gasteiger partial charge is 0.481 e. The Morgan fingerprint density at radius 2 is 2.15 bits per heavy atom. The van der Waals surface area contributed by atoms with Gasteiger partial charge in [0.25, 0.3) is 0 Å². The molecule has 0 aliphatic heterocycles. The van der Waals surface area contributed by atoms with E-state index in [-0.39, 0.29) is 6.42 Å². The normalized spacial score (nSPS) is 13.9.